The maximum Gasteiger partial charge on any atom is 0.175 e. The number of nitrogens with two attached hydrogens (primary N) is 1. The van der Waals surface area contributed by atoms with Crippen LogP contribution in [0.25, 0.3) is 0 Å². The van der Waals surface area contributed by atoms with Gasteiger partial charge in [-0.15, -0.1) is 0 Å². The van der Waals surface area contributed by atoms with Crippen molar-refractivity contribution in [1.82, 2.24) is 9.97 Å². The van der Waals surface area contributed by atoms with E-state index in [4.69, 9.17) is 5.73 Å². The fraction of sp³-hybridized carbons (Fsp3) is 0.0909. The van der Waals surface area contributed by atoms with E-state index < -0.39 is 9.84 Å². The van der Waals surface area contributed by atoms with E-state index in [0.29, 0.717) is 10.7 Å². The van der Waals surface area contributed by atoms with Crippen molar-refractivity contribution in [2.24, 2.45) is 0 Å². The number of nitrogens with zero attached hydrogens (tertiary/aromatic N) is 2. The molecule has 18 heavy (non-hydrogen) atoms. The van der Waals surface area contributed by atoms with Gasteiger partial charge in [0.05, 0.1) is 11.1 Å². The van der Waals surface area contributed by atoms with Crippen LogP contribution in [0.4, 0.5) is 5.69 Å². The van der Waals surface area contributed by atoms with Gasteiger partial charge in [-0.3, -0.25) is 4.98 Å². The maximum atomic E-state index is 11.4. The molecule has 0 saturated heterocycles. The molecule has 0 saturated carbocycles. The van der Waals surface area contributed by atoms with Gasteiger partial charge in [0.2, 0.25) is 0 Å². The Bertz CT molecular complexity index is 657. The zero-order valence-electron chi connectivity index (χ0n) is 9.57. The van der Waals surface area contributed by atoms with Crippen LogP contribution in [-0.2, 0) is 9.84 Å². The Morgan fingerprint density at radius 2 is 2.06 bits per heavy atom. The second kappa shape index (κ2) is 4.95. The summed E-state index contributed by atoms with van der Waals surface area (Å²) in [5.41, 5.74) is 6.24. The number of rotatable bonds is 3. The molecule has 0 spiro atoms. The monoisotopic (exact) mass is 281 g/mol. The Morgan fingerprint density at radius 3 is 2.61 bits per heavy atom. The summed E-state index contributed by atoms with van der Waals surface area (Å²) < 4.78 is 22.7. The van der Waals surface area contributed by atoms with Crippen molar-refractivity contribution in [2.75, 3.05) is 12.0 Å². The molecule has 0 bridgehead atoms. The smallest absolute Gasteiger partial charge is 0.175 e. The number of anilines is 1. The second-order valence-corrected chi connectivity index (χ2v) is 6.70. The van der Waals surface area contributed by atoms with Crippen molar-refractivity contribution in [3.63, 3.8) is 0 Å². The number of aromatic nitrogens is 2. The highest BCUT2D eigenvalue weighted by atomic mass is 32.2. The fourth-order valence-electron chi connectivity index (χ4n) is 1.30. The van der Waals surface area contributed by atoms with Gasteiger partial charge in [0.15, 0.2) is 9.84 Å². The van der Waals surface area contributed by atoms with E-state index in [1.165, 1.54) is 23.9 Å². The molecule has 0 atom stereocenters. The fourth-order valence-corrected chi connectivity index (χ4v) is 2.72. The average molecular weight is 281 g/mol. The highest BCUT2D eigenvalue weighted by Gasteiger charge is 2.10. The summed E-state index contributed by atoms with van der Waals surface area (Å²) in [6.07, 6.45) is 5.94. The van der Waals surface area contributed by atoms with Crippen LogP contribution < -0.4 is 5.73 Å². The lowest BCUT2D eigenvalue weighted by Gasteiger charge is -2.06. The summed E-state index contributed by atoms with van der Waals surface area (Å²) in [7, 11) is -3.23. The van der Waals surface area contributed by atoms with E-state index in [9.17, 15) is 8.42 Å². The average Bonchev–Trinajstić information content (AvgIpc) is 2.32. The second-order valence-electron chi connectivity index (χ2n) is 3.62. The van der Waals surface area contributed by atoms with Crippen LogP contribution in [0.2, 0.25) is 0 Å². The minimum Gasteiger partial charge on any atom is -0.398 e. The Balaban J connectivity index is 2.32. The van der Waals surface area contributed by atoms with E-state index in [-0.39, 0.29) is 4.90 Å². The van der Waals surface area contributed by atoms with Gasteiger partial charge in [-0.05, 0) is 18.2 Å². The summed E-state index contributed by atoms with van der Waals surface area (Å²) in [5.74, 6) is 0. The molecule has 94 valence electrons. The molecule has 1 aromatic carbocycles. The number of sulfone groups is 1. The molecule has 2 N–H and O–H groups in total. The first-order chi connectivity index (χ1) is 8.47. The van der Waals surface area contributed by atoms with Crippen LogP contribution in [0.1, 0.15) is 0 Å². The highest BCUT2D eigenvalue weighted by molar-refractivity contribution is 7.99. The van der Waals surface area contributed by atoms with Crippen molar-refractivity contribution >= 4 is 27.3 Å². The van der Waals surface area contributed by atoms with Crippen LogP contribution >= 0.6 is 11.8 Å². The minimum absolute atomic E-state index is 0.212. The summed E-state index contributed by atoms with van der Waals surface area (Å²) in [5, 5.41) is 0.705. The van der Waals surface area contributed by atoms with Crippen molar-refractivity contribution < 1.29 is 8.42 Å². The van der Waals surface area contributed by atoms with E-state index >= 15 is 0 Å². The standard InChI is InChI=1S/C11H11N3O2S2/c1-18(15,16)8-2-3-10(9(12)6-8)17-11-7-13-4-5-14-11/h2-7H,12H2,1H3. The third-order valence-corrected chi connectivity index (χ3v) is 4.29. The van der Waals surface area contributed by atoms with Gasteiger partial charge >= 0.3 is 0 Å². The van der Waals surface area contributed by atoms with Crippen molar-refractivity contribution in [1.29, 1.82) is 0 Å². The van der Waals surface area contributed by atoms with Crippen LogP contribution in [0.15, 0.2) is 51.6 Å². The molecule has 0 fully saturated rings. The van der Waals surface area contributed by atoms with E-state index in [1.54, 1.807) is 24.7 Å². The van der Waals surface area contributed by atoms with Crippen LogP contribution in [-0.4, -0.2) is 24.6 Å². The molecule has 1 aromatic heterocycles. The molecule has 0 aliphatic carbocycles. The van der Waals surface area contributed by atoms with Gasteiger partial charge < -0.3 is 5.73 Å². The molecular formula is C11H11N3O2S2. The Labute approximate surface area is 109 Å². The molecule has 7 heteroatoms. The summed E-state index contributed by atoms with van der Waals surface area (Å²) in [4.78, 5) is 9.02. The molecule has 1 heterocycles. The van der Waals surface area contributed by atoms with Gasteiger partial charge in [0.25, 0.3) is 0 Å². The van der Waals surface area contributed by atoms with Crippen molar-refractivity contribution in [3.8, 4) is 0 Å². The molecule has 0 aliphatic rings. The van der Waals surface area contributed by atoms with Gasteiger partial charge in [-0.25, -0.2) is 13.4 Å². The predicted molar refractivity (Wildman–Crippen MR) is 70.1 cm³/mol. The topological polar surface area (TPSA) is 85.9 Å². The van der Waals surface area contributed by atoms with E-state index in [2.05, 4.69) is 9.97 Å². The molecule has 0 unspecified atom stereocenters. The van der Waals surface area contributed by atoms with Gasteiger partial charge in [-0.2, -0.15) is 0 Å². The zero-order valence-corrected chi connectivity index (χ0v) is 11.2. The Kier molecular flexibility index (Phi) is 3.53. The zero-order chi connectivity index (χ0) is 13.2. The van der Waals surface area contributed by atoms with Gasteiger partial charge in [-0.1, -0.05) is 11.8 Å². The number of nitrogen functional groups attached to an aromatic ring is 1. The molecule has 0 aliphatic heterocycles. The van der Waals surface area contributed by atoms with Gasteiger partial charge in [0, 0.05) is 29.2 Å². The lowest BCUT2D eigenvalue weighted by atomic mass is 10.3. The first kappa shape index (κ1) is 12.8. The summed E-state index contributed by atoms with van der Waals surface area (Å²) >= 11 is 1.34. The van der Waals surface area contributed by atoms with E-state index in [0.717, 1.165) is 11.2 Å². The maximum absolute atomic E-state index is 11.4. The number of hydrogen-bond donors (Lipinski definition) is 1. The van der Waals surface area contributed by atoms with Gasteiger partial charge in [0.1, 0.15) is 5.03 Å². The Hall–Kier alpha value is -1.60. The molecular weight excluding hydrogens is 270 g/mol. The van der Waals surface area contributed by atoms with Crippen LogP contribution in [0.5, 0.6) is 0 Å². The normalized spacial score (nSPS) is 11.4. The van der Waals surface area contributed by atoms with Crippen molar-refractivity contribution in [2.45, 2.75) is 14.8 Å². The molecule has 5 nitrogen and oxygen atoms in total. The minimum atomic E-state index is -3.23. The number of benzene rings is 1. The lowest BCUT2D eigenvalue weighted by molar-refractivity contribution is 0.602. The Morgan fingerprint density at radius 1 is 1.28 bits per heavy atom. The number of hydrogen-bond acceptors (Lipinski definition) is 6. The SMILES string of the molecule is CS(=O)(=O)c1ccc(Sc2cnccn2)c(N)c1. The molecule has 2 rings (SSSR count). The van der Waals surface area contributed by atoms with Crippen LogP contribution in [0, 0.1) is 0 Å². The third kappa shape index (κ3) is 2.99. The third-order valence-electron chi connectivity index (χ3n) is 2.16. The summed E-state index contributed by atoms with van der Waals surface area (Å²) in [6, 6.07) is 4.66. The molecule has 2 aromatic rings. The van der Waals surface area contributed by atoms with Crippen molar-refractivity contribution in [3.05, 3.63) is 36.8 Å². The van der Waals surface area contributed by atoms with Crippen LogP contribution in [0.3, 0.4) is 0 Å². The quantitative estimate of drug-likeness (QED) is 0.860. The summed E-state index contributed by atoms with van der Waals surface area (Å²) in [6.45, 7) is 0. The first-order valence-corrected chi connectivity index (χ1v) is 7.71. The molecule has 0 amide bonds. The molecule has 0 radical (unpaired) electrons. The highest BCUT2D eigenvalue weighted by Crippen LogP contribution is 2.31. The first-order valence-electron chi connectivity index (χ1n) is 5.00. The largest absolute Gasteiger partial charge is 0.398 e. The lowest BCUT2D eigenvalue weighted by Crippen LogP contribution is -1.99. The predicted octanol–water partition coefficient (Wildman–Crippen LogP) is 1.61. The van der Waals surface area contributed by atoms with E-state index in [1.807, 2.05) is 0 Å².